The molecule has 11 heteroatoms. The normalized spacial score (nSPS) is 13.3. The number of esters is 2. The number of thioether (sulfide) groups is 2. The summed E-state index contributed by atoms with van der Waals surface area (Å²) in [5.41, 5.74) is 0. The minimum absolute atomic E-state index is 0.0688. The van der Waals surface area contributed by atoms with Crippen molar-refractivity contribution in [2.45, 2.75) is 187 Å². The lowest BCUT2D eigenvalue weighted by molar-refractivity contribution is -0.157. The van der Waals surface area contributed by atoms with Gasteiger partial charge in [-0.3, -0.25) is 18.6 Å². The molecule has 0 radical (unpaired) electrons. The van der Waals surface area contributed by atoms with Crippen LogP contribution in [0, 0.1) is 0 Å². The second-order valence-electron chi connectivity index (χ2n) is 13.3. The summed E-state index contributed by atoms with van der Waals surface area (Å²) in [4.78, 5) is 34.8. The van der Waals surface area contributed by atoms with Crippen LogP contribution in [0.4, 0.5) is 0 Å². The SMILES string of the molecule is CCCCCCCCCCCCCCSCC(=O)OC[C@H](COP(=O)(O)OCCC)OC(=O)CSCCCCCCCCCCCCCC. The third-order valence-corrected chi connectivity index (χ3v) is 11.4. The van der Waals surface area contributed by atoms with Crippen molar-refractivity contribution < 1.29 is 37.6 Å². The minimum Gasteiger partial charge on any atom is -0.461 e. The molecule has 1 unspecified atom stereocenters. The molecule has 0 rings (SSSR count). The average Bonchev–Trinajstić information content (AvgIpc) is 3.08. The van der Waals surface area contributed by atoms with Crippen LogP contribution in [0.1, 0.15) is 181 Å². The molecule has 0 saturated heterocycles. The maximum Gasteiger partial charge on any atom is 0.472 e. The van der Waals surface area contributed by atoms with E-state index < -0.39 is 32.5 Å². The lowest BCUT2D eigenvalue weighted by atomic mass is 10.1. The molecule has 49 heavy (non-hydrogen) atoms. The van der Waals surface area contributed by atoms with Crippen molar-refractivity contribution in [3.05, 3.63) is 0 Å². The number of unbranched alkanes of at least 4 members (excludes halogenated alkanes) is 22. The number of ether oxygens (including phenoxy) is 2. The highest BCUT2D eigenvalue weighted by Crippen LogP contribution is 2.43. The molecule has 292 valence electrons. The van der Waals surface area contributed by atoms with Crippen LogP contribution < -0.4 is 0 Å². The molecule has 0 heterocycles. The Balaban J connectivity index is 4.14. The molecule has 0 aromatic rings. The largest absolute Gasteiger partial charge is 0.472 e. The van der Waals surface area contributed by atoms with Gasteiger partial charge < -0.3 is 14.4 Å². The molecular formula is C38H75O8PS2. The van der Waals surface area contributed by atoms with E-state index in [1.54, 1.807) is 11.8 Å². The fourth-order valence-electron chi connectivity index (χ4n) is 5.39. The summed E-state index contributed by atoms with van der Waals surface area (Å²) in [6.45, 7) is 5.76. The number of phosphoric acid groups is 1. The minimum atomic E-state index is -4.29. The lowest BCUT2D eigenvalue weighted by Gasteiger charge is -2.19. The van der Waals surface area contributed by atoms with Crippen LogP contribution in [-0.4, -0.2) is 65.8 Å². The van der Waals surface area contributed by atoms with Crippen molar-refractivity contribution in [2.24, 2.45) is 0 Å². The highest BCUT2D eigenvalue weighted by molar-refractivity contribution is 8.00. The fourth-order valence-corrected chi connectivity index (χ4v) is 7.82. The Labute approximate surface area is 310 Å². The first-order valence-corrected chi connectivity index (χ1v) is 23.8. The van der Waals surface area contributed by atoms with Gasteiger partial charge in [0.15, 0.2) is 6.10 Å². The zero-order valence-corrected chi connectivity index (χ0v) is 34.3. The van der Waals surface area contributed by atoms with Crippen molar-refractivity contribution in [2.75, 3.05) is 42.8 Å². The highest BCUT2D eigenvalue weighted by atomic mass is 32.2. The first-order valence-electron chi connectivity index (χ1n) is 20.0. The van der Waals surface area contributed by atoms with E-state index in [0.29, 0.717) is 6.42 Å². The third kappa shape index (κ3) is 37.3. The van der Waals surface area contributed by atoms with E-state index >= 15 is 0 Å². The summed E-state index contributed by atoms with van der Waals surface area (Å²) in [5, 5.41) is 0. The second kappa shape index (κ2) is 37.5. The van der Waals surface area contributed by atoms with Gasteiger partial charge in [-0.05, 0) is 30.8 Å². The van der Waals surface area contributed by atoms with Gasteiger partial charge >= 0.3 is 19.8 Å². The van der Waals surface area contributed by atoms with Crippen LogP contribution >= 0.6 is 31.3 Å². The lowest BCUT2D eigenvalue weighted by Crippen LogP contribution is -2.30. The summed E-state index contributed by atoms with van der Waals surface area (Å²) in [5.74, 6) is 1.29. The van der Waals surface area contributed by atoms with Gasteiger partial charge in [0.05, 0.1) is 24.7 Å². The van der Waals surface area contributed by atoms with E-state index in [4.69, 9.17) is 18.5 Å². The van der Waals surface area contributed by atoms with Crippen LogP contribution in [0.3, 0.4) is 0 Å². The first kappa shape index (κ1) is 48.8. The summed E-state index contributed by atoms with van der Waals surface area (Å²) < 4.78 is 32.9. The van der Waals surface area contributed by atoms with E-state index in [0.717, 1.165) is 30.8 Å². The molecule has 0 aliphatic rings. The Morgan fingerprint density at radius 2 is 0.918 bits per heavy atom. The molecule has 0 aliphatic carbocycles. The fraction of sp³-hybridized carbons (Fsp3) is 0.947. The number of carbonyl (C=O) groups is 2. The molecule has 1 N–H and O–H groups in total. The van der Waals surface area contributed by atoms with Crippen LogP contribution in [0.2, 0.25) is 0 Å². The zero-order chi connectivity index (χ0) is 36.1. The predicted octanol–water partition coefficient (Wildman–Crippen LogP) is 11.9. The summed E-state index contributed by atoms with van der Waals surface area (Å²) in [7, 11) is -4.29. The molecular weight excluding hydrogens is 680 g/mol. The van der Waals surface area contributed by atoms with Gasteiger partial charge in [-0.2, -0.15) is 23.5 Å². The highest BCUT2D eigenvalue weighted by Gasteiger charge is 2.26. The van der Waals surface area contributed by atoms with Gasteiger partial charge in [-0.25, -0.2) is 4.57 Å². The van der Waals surface area contributed by atoms with E-state index in [1.807, 2.05) is 6.92 Å². The third-order valence-electron chi connectivity index (χ3n) is 8.33. The standard InChI is InChI=1S/C38H75O8PS2/c1-4-7-9-11-13-15-17-19-21-23-25-27-30-48-34-37(39)43-32-36(33-45-47(41,42)44-29-6-3)46-38(40)35-49-31-28-26-24-22-20-18-16-14-12-10-8-5-2/h36H,4-35H2,1-3H3,(H,41,42)/t36-/m1/s1. The van der Waals surface area contributed by atoms with Crippen molar-refractivity contribution in [1.29, 1.82) is 0 Å². The van der Waals surface area contributed by atoms with Crippen molar-refractivity contribution in [3.8, 4) is 0 Å². The van der Waals surface area contributed by atoms with E-state index in [-0.39, 0.29) is 24.7 Å². The summed E-state index contributed by atoms with van der Waals surface area (Å²) >= 11 is 3.06. The maximum atomic E-state index is 12.5. The number of hydrogen-bond acceptors (Lipinski definition) is 9. The predicted molar refractivity (Wildman–Crippen MR) is 210 cm³/mol. The molecule has 0 spiro atoms. The Morgan fingerprint density at radius 1 is 0.531 bits per heavy atom. The van der Waals surface area contributed by atoms with E-state index in [9.17, 15) is 19.0 Å². The van der Waals surface area contributed by atoms with Gasteiger partial charge in [0.25, 0.3) is 0 Å². The van der Waals surface area contributed by atoms with Gasteiger partial charge in [0.2, 0.25) is 0 Å². The van der Waals surface area contributed by atoms with E-state index in [1.165, 1.54) is 147 Å². The number of carbonyl (C=O) groups excluding carboxylic acids is 2. The molecule has 0 aromatic carbocycles. The summed E-state index contributed by atoms with van der Waals surface area (Å²) in [6.07, 6.45) is 30.6. The van der Waals surface area contributed by atoms with Gasteiger partial charge in [0.1, 0.15) is 6.61 Å². The molecule has 0 aliphatic heterocycles. The van der Waals surface area contributed by atoms with Crippen LogP contribution in [-0.2, 0) is 32.7 Å². The molecule has 2 atom stereocenters. The van der Waals surface area contributed by atoms with Crippen molar-refractivity contribution >= 4 is 43.3 Å². The summed E-state index contributed by atoms with van der Waals surface area (Å²) in [6, 6.07) is 0. The second-order valence-corrected chi connectivity index (χ2v) is 16.9. The first-order chi connectivity index (χ1) is 23.8. The van der Waals surface area contributed by atoms with Crippen LogP contribution in [0.15, 0.2) is 0 Å². The molecule has 0 amide bonds. The smallest absolute Gasteiger partial charge is 0.461 e. The number of phosphoric ester groups is 1. The quantitative estimate of drug-likeness (QED) is 0.0370. The van der Waals surface area contributed by atoms with Gasteiger partial charge in [-0.15, -0.1) is 0 Å². The van der Waals surface area contributed by atoms with Crippen molar-refractivity contribution in [3.63, 3.8) is 0 Å². The molecule has 0 bridgehead atoms. The topological polar surface area (TPSA) is 108 Å². The monoisotopic (exact) mass is 754 g/mol. The van der Waals surface area contributed by atoms with Crippen LogP contribution in [0.5, 0.6) is 0 Å². The Bertz CT molecular complexity index is 789. The van der Waals surface area contributed by atoms with E-state index in [2.05, 4.69) is 13.8 Å². The maximum absolute atomic E-state index is 12.5. The Morgan fingerprint density at radius 3 is 1.33 bits per heavy atom. The van der Waals surface area contributed by atoms with Crippen molar-refractivity contribution in [1.82, 2.24) is 0 Å². The Kier molecular flexibility index (Phi) is 37.3. The molecule has 8 nitrogen and oxygen atoms in total. The number of rotatable bonds is 39. The number of hydrogen-bond donors (Lipinski definition) is 1. The van der Waals surface area contributed by atoms with Gasteiger partial charge in [-0.1, -0.05) is 162 Å². The molecule has 0 fully saturated rings. The zero-order valence-electron chi connectivity index (χ0n) is 31.8. The van der Waals surface area contributed by atoms with Crippen LogP contribution in [0.25, 0.3) is 0 Å². The van der Waals surface area contributed by atoms with Gasteiger partial charge in [0, 0.05) is 0 Å². The average molecular weight is 755 g/mol. The Hall–Kier alpha value is -0.250. The molecule has 0 aromatic heterocycles. The molecule has 0 saturated carbocycles.